The summed E-state index contributed by atoms with van der Waals surface area (Å²) in [6.45, 7) is 4.20. The summed E-state index contributed by atoms with van der Waals surface area (Å²) in [6, 6.07) is 15.8. The molecule has 1 aliphatic carbocycles. The third-order valence-electron chi connectivity index (χ3n) is 3.64. The number of ether oxygens (including phenoxy) is 1. The largest absolute Gasteiger partial charge is 0.488 e. The minimum Gasteiger partial charge on any atom is -0.488 e. The van der Waals surface area contributed by atoms with Crippen LogP contribution in [-0.2, 0) is 6.61 Å². The molecule has 2 aromatic carbocycles. The van der Waals surface area contributed by atoms with Crippen LogP contribution in [0.5, 0.6) is 5.75 Å². The summed E-state index contributed by atoms with van der Waals surface area (Å²) in [5.74, 6) is 0.528. The van der Waals surface area contributed by atoms with E-state index in [9.17, 15) is 4.79 Å². The van der Waals surface area contributed by atoms with Crippen molar-refractivity contribution in [1.29, 1.82) is 0 Å². The molecule has 0 bridgehead atoms. The molecule has 3 heteroatoms. The van der Waals surface area contributed by atoms with Crippen molar-refractivity contribution >= 4 is 12.0 Å². The predicted octanol–water partition coefficient (Wildman–Crippen LogP) is 3.80. The van der Waals surface area contributed by atoms with Crippen molar-refractivity contribution in [2.24, 2.45) is 0 Å². The van der Waals surface area contributed by atoms with Gasteiger partial charge in [-0.2, -0.15) is 0 Å². The number of hydrogen-bond donors (Lipinski definition) is 1. The molecule has 1 N–H and O–H groups in total. The van der Waals surface area contributed by atoms with Gasteiger partial charge >= 0.3 is 0 Å². The quantitative estimate of drug-likeness (QED) is 0.879. The van der Waals surface area contributed by atoms with Crippen LogP contribution in [0.3, 0.4) is 0 Å². The van der Waals surface area contributed by atoms with Gasteiger partial charge < -0.3 is 10.1 Å². The molecule has 1 aliphatic rings. The highest BCUT2D eigenvalue weighted by Gasteiger charge is 2.25. The minimum atomic E-state index is -0.0684. The first-order valence-corrected chi connectivity index (χ1v) is 7.50. The first kappa shape index (κ1) is 14.4. The summed E-state index contributed by atoms with van der Waals surface area (Å²) in [5.41, 5.74) is 2.58. The Balaban J connectivity index is 1.79. The standard InChI is InChI=1S/C19H19NO2/c1-2-14-8-11-17(19(21)20-16-9-10-16)18(12-14)22-13-15-6-4-3-5-7-15/h2-8,11-12,16H,1,9-10,13H2,(H,20,21). The molecule has 0 aliphatic heterocycles. The summed E-state index contributed by atoms with van der Waals surface area (Å²) in [7, 11) is 0. The molecule has 1 saturated carbocycles. The fourth-order valence-corrected chi connectivity index (χ4v) is 2.20. The fraction of sp³-hybridized carbons (Fsp3) is 0.211. The lowest BCUT2D eigenvalue weighted by Gasteiger charge is -2.12. The lowest BCUT2D eigenvalue weighted by molar-refractivity contribution is 0.0946. The van der Waals surface area contributed by atoms with Crippen LogP contribution < -0.4 is 10.1 Å². The Labute approximate surface area is 130 Å². The Morgan fingerprint density at radius 1 is 1.23 bits per heavy atom. The maximum atomic E-state index is 12.3. The van der Waals surface area contributed by atoms with Crippen molar-refractivity contribution in [2.45, 2.75) is 25.5 Å². The Kier molecular flexibility index (Phi) is 4.24. The van der Waals surface area contributed by atoms with Gasteiger partial charge in [0.2, 0.25) is 0 Å². The number of rotatable bonds is 6. The molecule has 0 spiro atoms. The summed E-state index contributed by atoms with van der Waals surface area (Å²) >= 11 is 0. The summed E-state index contributed by atoms with van der Waals surface area (Å²) in [6.07, 6.45) is 3.88. The van der Waals surface area contributed by atoms with Gasteiger partial charge in [0.05, 0.1) is 5.56 Å². The fourth-order valence-electron chi connectivity index (χ4n) is 2.20. The van der Waals surface area contributed by atoms with E-state index in [1.807, 2.05) is 42.5 Å². The second kappa shape index (κ2) is 6.48. The van der Waals surface area contributed by atoms with E-state index in [-0.39, 0.29) is 5.91 Å². The van der Waals surface area contributed by atoms with Gasteiger partial charge in [0, 0.05) is 6.04 Å². The second-order valence-corrected chi connectivity index (χ2v) is 5.48. The van der Waals surface area contributed by atoms with Crippen LogP contribution in [0.4, 0.5) is 0 Å². The first-order chi connectivity index (χ1) is 10.8. The number of amides is 1. The van der Waals surface area contributed by atoms with E-state index >= 15 is 0 Å². The molecule has 0 radical (unpaired) electrons. The van der Waals surface area contributed by atoms with Gasteiger partial charge in [-0.1, -0.05) is 49.1 Å². The van der Waals surface area contributed by atoms with Crippen molar-refractivity contribution in [2.75, 3.05) is 0 Å². The summed E-state index contributed by atoms with van der Waals surface area (Å²) in [5, 5.41) is 3.00. The van der Waals surface area contributed by atoms with Crippen molar-refractivity contribution in [1.82, 2.24) is 5.32 Å². The Bertz CT molecular complexity index is 675. The van der Waals surface area contributed by atoms with E-state index in [2.05, 4.69) is 11.9 Å². The van der Waals surface area contributed by atoms with Crippen LogP contribution in [0.1, 0.15) is 34.3 Å². The van der Waals surface area contributed by atoms with E-state index in [4.69, 9.17) is 4.74 Å². The molecule has 0 saturated heterocycles. The van der Waals surface area contributed by atoms with Gasteiger partial charge in [0.25, 0.3) is 5.91 Å². The number of carbonyl (C=O) groups is 1. The Morgan fingerprint density at radius 2 is 2.00 bits per heavy atom. The van der Waals surface area contributed by atoms with Crippen LogP contribution in [-0.4, -0.2) is 11.9 Å². The Morgan fingerprint density at radius 3 is 2.68 bits per heavy atom. The summed E-state index contributed by atoms with van der Waals surface area (Å²) in [4.78, 5) is 12.3. The second-order valence-electron chi connectivity index (χ2n) is 5.48. The molecule has 0 atom stereocenters. The zero-order valence-electron chi connectivity index (χ0n) is 12.4. The molecule has 22 heavy (non-hydrogen) atoms. The highest BCUT2D eigenvalue weighted by atomic mass is 16.5. The van der Waals surface area contributed by atoms with Crippen LogP contribution in [0.15, 0.2) is 55.1 Å². The van der Waals surface area contributed by atoms with Gasteiger partial charge in [0.1, 0.15) is 12.4 Å². The van der Waals surface area contributed by atoms with Crippen molar-refractivity contribution < 1.29 is 9.53 Å². The van der Waals surface area contributed by atoms with Gasteiger partial charge in [-0.3, -0.25) is 4.79 Å². The number of carbonyl (C=O) groups excluding carboxylic acids is 1. The van der Waals surface area contributed by atoms with Gasteiger partial charge in [-0.15, -0.1) is 0 Å². The number of hydrogen-bond acceptors (Lipinski definition) is 2. The first-order valence-electron chi connectivity index (χ1n) is 7.50. The third kappa shape index (κ3) is 3.55. The van der Waals surface area contributed by atoms with E-state index in [1.165, 1.54) is 0 Å². The van der Waals surface area contributed by atoms with Crippen LogP contribution in [0.2, 0.25) is 0 Å². The highest BCUT2D eigenvalue weighted by Crippen LogP contribution is 2.25. The SMILES string of the molecule is C=Cc1ccc(C(=O)NC2CC2)c(OCc2ccccc2)c1. The van der Waals surface area contributed by atoms with Crippen molar-refractivity contribution in [3.05, 3.63) is 71.8 Å². The average Bonchev–Trinajstić information content (AvgIpc) is 3.37. The molecule has 3 rings (SSSR count). The molecule has 0 heterocycles. The van der Waals surface area contributed by atoms with E-state index in [0.29, 0.717) is 24.0 Å². The lowest BCUT2D eigenvalue weighted by atomic mass is 10.1. The molecule has 1 amide bonds. The maximum Gasteiger partial charge on any atom is 0.255 e. The Hall–Kier alpha value is -2.55. The molecule has 112 valence electrons. The highest BCUT2D eigenvalue weighted by molar-refractivity contribution is 5.97. The normalized spacial score (nSPS) is 13.5. The zero-order chi connectivity index (χ0) is 15.4. The molecule has 1 fully saturated rings. The predicted molar refractivity (Wildman–Crippen MR) is 87.8 cm³/mol. The lowest BCUT2D eigenvalue weighted by Crippen LogP contribution is -2.25. The van der Waals surface area contributed by atoms with Crippen LogP contribution in [0.25, 0.3) is 6.08 Å². The molecular weight excluding hydrogens is 274 g/mol. The van der Waals surface area contributed by atoms with E-state index in [1.54, 1.807) is 12.1 Å². The van der Waals surface area contributed by atoms with E-state index < -0.39 is 0 Å². The average molecular weight is 293 g/mol. The molecule has 2 aromatic rings. The minimum absolute atomic E-state index is 0.0684. The topological polar surface area (TPSA) is 38.3 Å². The molecular formula is C19H19NO2. The van der Waals surface area contributed by atoms with Gasteiger partial charge in [0.15, 0.2) is 0 Å². The van der Waals surface area contributed by atoms with Crippen molar-refractivity contribution in [3.8, 4) is 5.75 Å². The van der Waals surface area contributed by atoms with Crippen molar-refractivity contribution in [3.63, 3.8) is 0 Å². The van der Waals surface area contributed by atoms with Crippen LogP contribution >= 0.6 is 0 Å². The summed E-state index contributed by atoms with van der Waals surface area (Å²) < 4.78 is 5.88. The zero-order valence-corrected chi connectivity index (χ0v) is 12.4. The van der Waals surface area contributed by atoms with Crippen LogP contribution in [0, 0.1) is 0 Å². The number of nitrogens with one attached hydrogen (secondary N) is 1. The molecule has 0 aromatic heterocycles. The number of benzene rings is 2. The van der Waals surface area contributed by atoms with Gasteiger partial charge in [-0.25, -0.2) is 0 Å². The third-order valence-corrected chi connectivity index (χ3v) is 3.64. The molecule has 3 nitrogen and oxygen atoms in total. The van der Waals surface area contributed by atoms with Gasteiger partial charge in [-0.05, 0) is 36.1 Å². The maximum absolute atomic E-state index is 12.3. The monoisotopic (exact) mass is 293 g/mol. The smallest absolute Gasteiger partial charge is 0.255 e. The van der Waals surface area contributed by atoms with E-state index in [0.717, 1.165) is 24.0 Å². The molecule has 0 unspecified atom stereocenters.